The van der Waals surface area contributed by atoms with Gasteiger partial charge in [-0.15, -0.1) is 11.8 Å². The fourth-order valence-electron chi connectivity index (χ4n) is 2.86. The van der Waals surface area contributed by atoms with Gasteiger partial charge in [0.15, 0.2) is 11.9 Å². The molecule has 2 aromatic heterocycles. The molecule has 0 spiro atoms. The SMILES string of the molecule is CCOC(=O)CC[C@H]1O[C@@H](n2cnc3c(SC)ncnc32)[C@H](O)[C@@H]1O. The Morgan fingerprint density at radius 3 is 2.88 bits per heavy atom. The third-order valence-corrected chi connectivity index (χ3v) is 4.75. The number of thioether (sulfide) groups is 1. The van der Waals surface area contributed by atoms with Crippen LogP contribution in [0.25, 0.3) is 11.2 Å². The molecule has 3 rings (SSSR count). The summed E-state index contributed by atoms with van der Waals surface area (Å²) in [6.45, 7) is 2.03. The Hall–Kier alpha value is -1.75. The lowest BCUT2D eigenvalue weighted by Gasteiger charge is -2.16. The van der Waals surface area contributed by atoms with Gasteiger partial charge in [-0.1, -0.05) is 0 Å². The Morgan fingerprint density at radius 2 is 2.16 bits per heavy atom. The van der Waals surface area contributed by atoms with Gasteiger partial charge < -0.3 is 19.7 Å². The van der Waals surface area contributed by atoms with Crippen molar-refractivity contribution >= 4 is 28.9 Å². The largest absolute Gasteiger partial charge is 0.466 e. The average molecular weight is 368 g/mol. The predicted octanol–water partition coefficient (Wildman–Crippen LogP) is 0.511. The summed E-state index contributed by atoms with van der Waals surface area (Å²) in [5, 5.41) is 21.3. The van der Waals surface area contributed by atoms with Crippen molar-refractivity contribution in [1.82, 2.24) is 19.5 Å². The van der Waals surface area contributed by atoms with Gasteiger partial charge in [0.1, 0.15) is 29.1 Å². The molecule has 9 nitrogen and oxygen atoms in total. The van der Waals surface area contributed by atoms with E-state index < -0.39 is 24.5 Å². The van der Waals surface area contributed by atoms with Crippen LogP contribution in [0.2, 0.25) is 0 Å². The number of imidazole rings is 1. The van der Waals surface area contributed by atoms with Crippen molar-refractivity contribution in [2.45, 2.75) is 49.3 Å². The molecule has 1 fully saturated rings. The highest BCUT2D eigenvalue weighted by Crippen LogP contribution is 2.34. The first-order valence-corrected chi connectivity index (χ1v) is 9.18. The van der Waals surface area contributed by atoms with E-state index in [4.69, 9.17) is 9.47 Å². The molecular weight excluding hydrogens is 348 g/mol. The molecule has 1 aliphatic heterocycles. The number of nitrogens with zero attached hydrogens (tertiary/aromatic N) is 4. The van der Waals surface area contributed by atoms with Crippen LogP contribution in [0, 0.1) is 0 Å². The number of carbonyl (C=O) groups is 1. The van der Waals surface area contributed by atoms with E-state index in [9.17, 15) is 15.0 Å². The van der Waals surface area contributed by atoms with E-state index in [-0.39, 0.29) is 18.8 Å². The molecule has 3 heterocycles. The maximum absolute atomic E-state index is 11.5. The number of hydrogen-bond donors (Lipinski definition) is 2. The molecular formula is C15H20N4O5S. The standard InChI is InChI=1S/C15H20N4O5S/c1-3-23-9(20)5-4-8-11(21)12(22)15(24-8)19-7-18-10-13(19)16-6-17-14(10)25-2/h6-8,11-12,15,21-22H,3-5H2,1-2H3/t8-,11-,12-,15-/m1/s1. The molecule has 0 radical (unpaired) electrons. The van der Waals surface area contributed by atoms with Crippen molar-refractivity contribution in [2.24, 2.45) is 0 Å². The monoisotopic (exact) mass is 368 g/mol. The van der Waals surface area contributed by atoms with Crippen LogP contribution in [-0.4, -0.2) is 66.9 Å². The molecule has 1 aliphatic rings. The van der Waals surface area contributed by atoms with Crippen LogP contribution >= 0.6 is 11.8 Å². The van der Waals surface area contributed by atoms with Gasteiger partial charge in [0.25, 0.3) is 0 Å². The molecule has 2 aromatic rings. The summed E-state index contributed by atoms with van der Waals surface area (Å²) in [6.07, 6.45) is 1.40. The lowest BCUT2D eigenvalue weighted by Crippen LogP contribution is -2.31. The molecule has 1 saturated heterocycles. The summed E-state index contributed by atoms with van der Waals surface area (Å²) >= 11 is 1.44. The summed E-state index contributed by atoms with van der Waals surface area (Å²) < 4.78 is 12.2. The molecule has 0 amide bonds. The van der Waals surface area contributed by atoms with E-state index in [1.165, 1.54) is 24.4 Å². The molecule has 0 saturated carbocycles. The number of rotatable bonds is 6. The van der Waals surface area contributed by atoms with Crippen molar-refractivity contribution in [3.8, 4) is 0 Å². The summed E-state index contributed by atoms with van der Waals surface area (Å²) in [4.78, 5) is 24.1. The Bertz CT molecular complexity index is 755. The number of aliphatic hydroxyl groups is 2. The van der Waals surface area contributed by atoms with Crippen molar-refractivity contribution in [3.05, 3.63) is 12.7 Å². The molecule has 0 aromatic carbocycles. The van der Waals surface area contributed by atoms with Crippen molar-refractivity contribution in [3.63, 3.8) is 0 Å². The van der Waals surface area contributed by atoms with Gasteiger partial charge >= 0.3 is 5.97 Å². The molecule has 25 heavy (non-hydrogen) atoms. The van der Waals surface area contributed by atoms with Gasteiger partial charge in [0.05, 0.1) is 19.0 Å². The average Bonchev–Trinajstić information content (AvgIpc) is 3.15. The maximum atomic E-state index is 11.5. The van der Waals surface area contributed by atoms with E-state index in [1.807, 2.05) is 6.26 Å². The number of aromatic nitrogens is 4. The fourth-order valence-corrected chi connectivity index (χ4v) is 3.35. The van der Waals surface area contributed by atoms with E-state index in [1.54, 1.807) is 11.5 Å². The zero-order valence-corrected chi connectivity index (χ0v) is 14.7. The number of ether oxygens (including phenoxy) is 2. The minimum atomic E-state index is -1.16. The zero-order valence-electron chi connectivity index (χ0n) is 13.9. The van der Waals surface area contributed by atoms with Gasteiger partial charge in [-0.25, -0.2) is 15.0 Å². The van der Waals surface area contributed by atoms with Crippen LogP contribution in [0.5, 0.6) is 0 Å². The Kier molecular flexibility index (Phi) is 5.52. The van der Waals surface area contributed by atoms with Crippen LogP contribution in [0.3, 0.4) is 0 Å². The topological polar surface area (TPSA) is 120 Å². The van der Waals surface area contributed by atoms with Gasteiger partial charge in [0.2, 0.25) is 0 Å². The minimum Gasteiger partial charge on any atom is -0.466 e. The van der Waals surface area contributed by atoms with Crippen LogP contribution in [0.1, 0.15) is 26.0 Å². The molecule has 0 bridgehead atoms. The highest BCUT2D eigenvalue weighted by molar-refractivity contribution is 7.98. The number of fused-ring (bicyclic) bond motifs is 1. The van der Waals surface area contributed by atoms with E-state index in [2.05, 4.69) is 15.0 Å². The van der Waals surface area contributed by atoms with Crippen LogP contribution in [0.15, 0.2) is 17.7 Å². The van der Waals surface area contributed by atoms with Gasteiger partial charge in [-0.3, -0.25) is 9.36 Å². The second-order valence-electron chi connectivity index (χ2n) is 5.60. The van der Waals surface area contributed by atoms with Crippen molar-refractivity contribution in [2.75, 3.05) is 12.9 Å². The van der Waals surface area contributed by atoms with Gasteiger partial charge in [0, 0.05) is 6.42 Å². The van der Waals surface area contributed by atoms with Crippen molar-refractivity contribution < 1.29 is 24.5 Å². The van der Waals surface area contributed by atoms with E-state index in [0.717, 1.165) is 5.03 Å². The smallest absolute Gasteiger partial charge is 0.305 e. The summed E-state index contributed by atoms with van der Waals surface area (Å²) in [5.41, 5.74) is 1.12. The molecule has 10 heteroatoms. The van der Waals surface area contributed by atoms with Crippen LogP contribution in [0.4, 0.5) is 0 Å². The highest BCUT2D eigenvalue weighted by atomic mass is 32.2. The fraction of sp³-hybridized carbons (Fsp3) is 0.600. The molecule has 0 aliphatic carbocycles. The minimum absolute atomic E-state index is 0.110. The third-order valence-electron chi connectivity index (χ3n) is 4.07. The first kappa shape index (κ1) is 18.1. The second-order valence-corrected chi connectivity index (χ2v) is 6.39. The Morgan fingerprint density at radius 1 is 1.36 bits per heavy atom. The lowest BCUT2D eigenvalue weighted by atomic mass is 10.1. The molecule has 0 unspecified atom stereocenters. The summed E-state index contributed by atoms with van der Waals surface area (Å²) in [7, 11) is 0. The first-order valence-electron chi connectivity index (χ1n) is 7.95. The van der Waals surface area contributed by atoms with E-state index in [0.29, 0.717) is 17.8 Å². The van der Waals surface area contributed by atoms with Crippen molar-refractivity contribution in [1.29, 1.82) is 0 Å². The first-order chi connectivity index (χ1) is 12.1. The lowest BCUT2D eigenvalue weighted by molar-refractivity contribution is -0.144. The molecule has 4 atom stereocenters. The van der Waals surface area contributed by atoms with Crippen LogP contribution < -0.4 is 0 Å². The van der Waals surface area contributed by atoms with Crippen LogP contribution in [-0.2, 0) is 14.3 Å². The predicted molar refractivity (Wildman–Crippen MR) is 88.9 cm³/mol. The molecule has 2 N–H and O–H groups in total. The number of hydrogen-bond acceptors (Lipinski definition) is 9. The Labute approximate surface area is 148 Å². The van der Waals surface area contributed by atoms with Gasteiger partial charge in [-0.05, 0) is 19.6 Å². The normalized spacial score (nSPS) is 26.2. The number of aliphatic hydroxyl groups excluding tert-OH is 2. The summed E-state index contributed by atoms with van der Waals surface area (Å²) in [6, 6.07) is 0. The number of carbonyl (C=O) groups excluding carboxylic acids is 1. The molecule has 136 valence electrons. The maximum Gasteiger partial charge on any atom is 0.305 e. The van der Waals surface area contributed by atoms with Gasteiger partial charge in [-0.2, -0.15) is 0 Å². The second kappa shape index (κ2) is 7.65. The highest BCUT2D eigenvalue weighted by Gasteiger charge is 2.44. The third kappa shape index (κ3) is 3.47. The number of esters is 1. The zero-order chi connectivity index (χ0) is 18.0. The quantitative estimate of drug-likeness (QED) is 0.427. The van der Waals surface area contributed by atoms with E-state index >= 15 is 0 Å². The summed E-state index contributed by atoms with van der Waals surface area (Å²) in [5.74, 6) is -0.360. The Balaban J connectivity index is 1.78.